The van der Waals surface area contributed by atoms with Crippen molar-refractivity contribution in [2.45, 2.75) is 57.4 Å². The predicted octanol–water partition coefficient (Wildman–Crippen LogP) is 1.97. The van der Waals surface area contributed by atoms with Crippen LogP contribution in [0.4, 0.5) is 0 Å². The van der Waals surface area contributed by atoms with Crippen LogP contribution >= 0.6 is 0 Å². The number of aliphatic imine (C=N–C) groups is 1. The van der Waals surface area contributed by atoms with Crippen molar-refractivity contribution >= 4 is 5.96 Å². The van der Waals surface area contributed by atoms with Gasteiger partial charge in [-0.05, 0) is 58.2 Å². The van der Waals surface area contributed by atoms with Crippen LogP contribution in [-0.2, 0) is 0 Å². The number of rotatable bonds is 6. The number of hydrogen-bond donors (Lipinski definition) is 2. The molecule has 0 atom stereocenters. The van der Waals surface area contributed by atoms with Crippen LogP contribution in [0.2, 0.25) is 0 Å². The third-order valence-electron chi connectivity index (χ3n) is 4.31. The van der Waals surface area contributed by atoms with Gasteiger partial charge in [0.2, 0.25) is 0 Å². The Hall–Kier alpha value is -0.770. The molecule has 0 amide bonds. The highest BCUT2D eigenvalue weighted by atomic mass is 15.2. The van der Waals surface area contributed by atoms with Crippen molar-refractivity contribution in [1.82, 2.24) is 15.5 Å². The lowest BCUT2D eigenvalue weighted by molar-refractivity contribution is 0.330. The van der Waals surface area contributed by atoms with Crippen LogP contribution in [0.3, 0.4) is 0 Å². The largest absolute Gasteiger partial charge is 0.356 e. The highest BCUT2D eigenvalue weighted by molar-refractivity contribution is 5.79. The van der Waals surface area contributed by atoms with Gasteiger partial charge in [0.15, 0.2) is 5.96 Å². The Kier molecular flexibility index (Phi) is 6.48. The highest BCUT2D eigenvalue weighted by Crippen LogP contribution is 2.17. The van der Waals surface area contributed by atoms with Crippen molar-refractivity contribution in [2.75, 3.05) is 33.2 Å². The first-order chi connectivity index (χ1) is 9.38. The molecule has 0 aromatic carbocycles. The highest BCUT2D eigenvalue weighted by Gasteiger charge is 2.15. The summed E-state index contributed by atoms with van der Waals surface area (Å²) in [6.07, 6.45) is 10.7. The Morgan fingerprint density at radius 2 is 1.84 bits per heavy atom. The zero-order chi connectivity index (χ0) is 13.3. The van der Waals surface area contributed by atoms with E-state index >= 15 is 0 Å². The minimum Gasteiger partial charge on any atom is -0.356 e. The van der Waals surface area contributed by atoms with Crippen molar-refractivity contribution in [3.8, 4) is 0 Å². The minimum absolute atomic E-state index is 0.649. The molecule has 4 heteroatoms. The fraction of sp³-hybridized carbons (Fsp3) is 0.933. The zero-order valence-corrected chi connectivity index (χ0v) is 12.5. The van der Waals surface area contributed by atoms with Gasteiger partial charge in [-0.25, -0.2) is 0 Å². The summed E-state index contributed by atoms with van der Waals surface area (Å²) in [6, 6.07) is 0.649. The van der Waals surface area contributed by atoms with Crippen LogP contribution in [0.25, 0.3) is 0 Å². The van der Waals surface area contributed by atoms with Crippen molar-refractivity contribution in [1.29, 1.82) is 0 Å². The standard InChI is InChI=1S/C15H30N4/c1-16-15(18-14-8-2-3-9-14)17-10-4-5-11-19-12-6-7-13-19/h14H,2-13H2,1H3,(H2,16,17,18). The lowest BCUT2D eigenvalue weighted by Gasteiger charge is -2.17. The quantitative estimate of drug-likeness (QED) is 0.439. The summed E-state index contributed by atoms with van der Waals surface area (Å²) >= 11 is 0. The second kappa shape index (κ2) is 8.41. The molecule has 1 aliphatic heterocycles. The van der Waals surface area contributed by atoms with Gasteiger partial charge in [0, 0.05) is 19.6 Å². The average molecular weight is 266 g/mol. The van der Waals surface area contributed by atoms with Gasteiger partial charge in [0.25, 0.3) is 0 Å². The van der Waals surface area contributed by atoms with Crippen LogP contribution in [0.5, 0.6) is 0 Å². The van der Waals surface area contributed by atoms with Gasteiger partial charge in [0.05, 0.1) is 0 Å². The molecule has 110 valence electrons. The maximum atomic E-state index is 4.31. The Morgan fingerprint density at radius 3 is 2.53 bits per heavy atom. The second-order valence-electron chi connectivity index (χ2n) is 5.88. The van der Waals surface area contributed by atoms with Gasteiger partial charge >= 0.3 is 0 Å². The molecule has 0 unspecified atom stereocenters. The molecule has 2 fully saturated rings. The maximum Gasteiger partial charge on any atom is 0.191 e. The first-order valence-electron chi connectivity index (χ1n) is 8.08. The summed E-state index contributed by atoms with van der Waals surface area (Å²) < 4.78 is 0. The smallest absolute Gasteiger partial charge is 0.191 e. The van der Waals surface area contributed by atoms with E-state index in [-0.39, 0.29) is 0 Å². The van der Waals surface area contributed by atoms with E-state index in [1.165, 1.54) is 71.0 Å². The van der Waals surface area contributed by atoms with Crippen molar-refractivity contribution < 1.29 is 0 Å². The van der Waals surface area contributed by atoms with E-state index < -0.39 is 0 Å². The summed E-state index contributed by atoms with van der Waals surface area (Å²) in [5.41, 5.74) is 0. The lowest BCUT2D eigenvalue weighted by atomic mass is 10.2. The average Bonchev–Trinajstić information content (AvgIpc) is 3.10. The number of likely N-dealkylation sites (tertiary alicyclic amines) is 1. The van der Waals surface area contributed by atoms with E-state index in [1.807, 2.05) is 7.05 Å². The summed E-state index contributed by atoms with van der Waals surface area (Å²) in [5.74, 6) is 0.994. The number of unbranched alkanes of at least 4 members (excludes halogenated alkanes) is 1. The zero-order valence-electron chi connectivity index (χ0n) is 12.5. The van der Waals surface area contributed by atoms with E-state index in [4.69, 9.17) is 0 Å². The molecule has 2 N–H and O–H groups in total. The molecule has 1 saturated heterocycles. The molecule has 0 aromatic heterocycles. The summed E-state index contributed by atoms with van der Waals surface area (Å²) in [4.78, 5) is 6.90. The van der Waals surface area contributed by atoms with Gasteiger partial charge in [-0.1, -0.05) is 12.8 Å². The van der Waals surface area contributed by atoms with Gasteiger partial charge in [0.1, 0.15) is 0 Å². The molecular weight excluding hydrogens is 236 g/mol. The van der Waals surface area contributed by atoms with Crippen LogP contribution < -0.4 is 10.6 Å². The van der Waals surface area contributed by atoms with Crippen molar-refractivity contribution in [2.24, 2.45) is 4.99 Å². The molecule has 0 aromatic rings. The summed E-state index contributed by atoms with van der Waals surface area (Å²) in [7, 11) is 1.87. The van der Waals surface area contributed by atoms with E-state index in [2.05, 4.69) is 20.5 Å². The van der Waals surface area contributed by atoms with Crippen molar-refractivity contribution in [3.63, 3.8) is 0 Å². The fourth-order valence-electron chi connectivity index (χ4n) is 3.13. The van der Waals surface area contributed by atoms with E-state index in [0.29, 0.717) is 6.04 Å². The van der Waals surface area contributed by atoms with Gasteiger partial charge in [-0.15, -0.1) is 0 Å². The fourth-order valence-corrected chi connectivity index (χ4v) is 3.13. The molecule has 1 heterocycles. The molecule has 1 aliphatic carbocycles. The molecule has 19 heavy (non-hydrogen) atoms. The Labute approximate surface area is 118 Å². The third kappa shape index (κ3) is 5.39. The summed E-state index contributed by atoms with van der Waals surface area (Å²) in [5, 5.41) is 6.97. The first-order valence-corrected chi connectivity index (χ1v) is 8.08. The first kappa shape index (κ1) is 14.6. The summed E-state index contributed by atoms with van der Waals surface area (Å²) in [6.45, 7) is 4.95. The molecule has 0 bridgehead atoms. The third-order valence-corrected chi connectivity index (χ3v) is 4.31. The number of nitrogens with one attached hydrogen (secondary N) is 2. The monoisotopic (exact) mass is 266 g/mol. The molecule has 0 radical (unpaired) electrons. The Bertz CT molecular complexity index is 265. The second-order valence-corrected chi connectivity index (χ2v) is 5.88. The van der Waals surface area contributed by atoms with Crippen LogP contribution in [0.15, 0.2) is 4.99 Å². The van der Waals surface area contributed by atoms with Gasteiger partial charge in [-0.3, -0.25) is 4.99 Å². The van der Waals surface area contributed by atoms with E-state index in [0.717, 1.165) is 12.5 Å². The van der Waals surface area contributed by atoms with E-state index in [1.54, 1.807) is 0 Å². The minimum atomic E-state index is 0.649. The number of nitrogens with zero attached hydrogens (tertiary/aromatic N) is 2. The molecule has 4 nitrogen and oxygen atoms in total. The maximum absolute atomic E-state index is 4.31. The Balaban J connectivity index is 1.50. The Morgan fingerprint density at radius 1 is 1.11 bits per heavy atom. The number of hydrogen-bond acceptors (Lipinski definition) is 2. The van der Waals surface area contributed by atoms with E-state index in [9.17, 15) is 0 Å². The van der Waals surface area contributed by atoms with Gasteiger partial charge < -0.3 is 15.5 Å². The van der Waals surface area contributed by atoms with Crippen LogP contribution in [0, 0.1) is 0 Å². The SMILES string of the molecule is CN=C(NCCCCN1CCCC1)NC1CCCC1. The topological polar surface area (TPSA) is 39.7 Å². The van der Waals surface area contributed by atoms with Crippen LogP contribution in [0.1, 0.15) is 51.4 Å². The van der Waals surface area contributed by atoms with Crippen molar-refractivity contribution in [3.05, 3.63) is 0 Å². The van der Waals surface area contributed by atoms with Crippen LogP contribution in [-0.4, -0.2) is 50.1 Å². The molecule has 0 spiro atoms. The predicted molar refractivity (Wildman–Crippen MR) is 81.7 cm³/mol. The molecular formula is C15H30N4. The molecule has 1 saturated carbocycles. The normalized spacial score (nSPS) is 22.1. The number of guanidine groups is 1. The molecule has 2 aliphatic rings. The molecule has 2 rings (SSSR count). The lowest BCUT2D eigenvalue weighted by Crippen LogP contribution is -2.42. The van der Waals surface area contributed by atoms with Gasteiger partial charge in [-0.2, -0.15) is 0 Å².